The maximum absolute atomic E-state index is 13.1. The van der Waals surface area contributed by atoms with Crippen LogP contribution in [0.15, 0.2) is 91.2 Å². The van der Waals surface area contributed by atoms with Gasteiger partial charge < -0.3 is 39.9 Å². The highest BCUT2D eigenvalue weighted by atomic mass is 19.4. The van der Waals surface area contributed by atoms with E-state index in [9.17, 15) is 45.5 Å². The zero-order valence-corrected chi connectivity index (χ0v) is 30.8. The van der Waals surface area contributed by atoms with E-state index in [0.717, 1.165) is 37.1 Å². The summed E-state index contributed by atoms with van der Waals surface area (Å²) >= 11 is 0. The van der Waals surface area contributed by atoms with Crippen molar-refractivity contribution >= 4 is 57.0 Å². The molecular weight excluding hydrogens is 778 g/mol. The molecular formula is C38H36F6N8O6. The van der Waals surface area contributed by atoms with Crippen LogP contribution in [-0.4, -0.2) is 49.2 Å². The van der Waals surface area contributed by atoms with Crippen molar-refractivity contribution in [3.63, 3.8) is 0 Å². The highest BCUT2D eigenvalue weighted by Crippen LogP contribution is 2.35. The smallest absolute Gasteiger partial charge is 0.408 e. The summed E-state index contributed by atoms with van der Waals surface area (Å²) in [4.78, 5) is 55.6. The number of carbonyl (C=O) groups excluding carboxylic acids is 2. The minimum absolute atomic E-state index is 0.00929. The third kappa shape index (κ3) is 9.74. The molecule has 58 heavy (non-hydrogen) atoms. The predicted molar refractivity (Wildman–Crippen MR) is 204 cm³/mol. The molecule has 0 bridgehead atoms. The fourth-order valence-electron chi connectivity index (χ4n) is 6.29. The van der Waals surface area contributed by atoms with Gasteiger partial charge in [0.1, 0.15) is 11.0 Å². The van der Waals surface area contributed by atoms with Gasteiger partial charge in [0, 0.05) is 51.6 Å². The second-order valence-corrected chi connectivity index (χ2v) is 13.3. The van der Waals surface area contributed by atoms with E-state index in [-0.39, 0.29) is 13.1 Å². The second kappa shape index (κ2) is 16.7. The van der Waals surface area contributed by atoms with Crippen molar-refractivity contribution < 1.29 is 44.8 Å². The first kappa shape index (κ1) is 40.8. The normalized spacial score (nSPS) is 12.9. The molecule has 0 aliphatic carbocycles. The number of fused-ring (bicyclic) bond motifs is 2. The van der Waals surface area contributed by atoms with E-state index < -0.39 is 47.1 Å². The number of urea groups is 2. The van der Waals surface area contributed by atoms with E-state index >= 15 is 0 Å². The summed E-state index contributed by atoms with van der Waals surface area (Å²) in [6.45, 7) is 1.41. The molecule has 0 saturated carbocycles. The number of hydrogen-bond acceptors (Lipinski definition) is 8. The number of para-hydroxylation sites is 2. The number of rotatable bonds is 8. The molecule has 0 spiro atoms. The Hall–Kier alpha value is -6.86. The largest absolute Gasteiger partial charge is 0.417 e. The topological polar surface area (TPSA) is 181 Å². The van der Waals surface area contributed by atoms with Crippen molar-refractivity contribution in [2.24, 2.45) is 0 Å². The molecule has 0 atom stereocenters. The second-order valence-electron chi connectivity index (χ2n) is 13.3. The fraction of sp³-hybridized carbons (Fsp3) is 0.263. The Morgan fingerprint density at radius 3 is 1.64 bits per heavy atom. The Balaban J connectivity index is 0.000000196. The van der Waals surface area contributed by atoms with Crippen molar-refractivity contribution in [3.8, 4) is 0 Å². The fourth-order valence-corrected chi connectivity index (χ4v) is 6.29. The molecule has 1 aliphatic heterocycles. The lowest BCUT2D eigenvalue weighted by atomic mass is 10.1. The summed E-state index contributed by atoms with van der Waals surface area (Å²) in [5, 5.41) is 10.5. The number of oxazole rings is 2. The molecule has 4 amide bonds. The first-order valence-electron chi connectivity index (χ1n) is 17.6. The number of aromatic amines is 2. The van der Waals surface area contributed by atoms with Crippen molar-refractivity contribution in [2.75, 3.05) is 47.6 Å². The highest BCUT2D eigenvalue weighted by molar-refractivity contribution is 5.99. The maximum atomic E-state index is 13.1. The first-order valence-corrected chi connectivity index (χ1v) is 17.6. The molecule has 4 aromatic carbocycles. The molecule has 6 N–H and O–H groups in total. The van der Waals surface area contributed by atoms with Gasteiger partial charge >= 0.3 is 35.9 Å². The van der Waals surface area contributed by atoms with Crippen molar-refractivity contribution in [1.29, 1.82) is 0 Å². The molecule has 7 rings (SSSR count). The monoisotopic (exact) mass is 814 g/mol. The van der Waals surface area contributed by atoms with Gasteiger partial charge in [-0.25, -0.2) is 19.2 Å². The summed E-state index contributed by atoms with van der Waals surface area (Å²) in [5.74, 6) is -1.29. The molecule has 6 aromatic rings. The quantitative estimate of drug-likeness (QED) is 0.0851. The van der Waals surface area contributed by atoms with Crippen LogP contribution in [0.4, 0.5) is 58.7 Å². The highest BCUT2D eigenvalue weighted by Gasteiger charge is 2.33. The zero-order chi connectivity index (χ0) is 41.8. The van der Waals surface area contributed by atoms with Crippen molar-refractivity contribution in [3.05, 3.63) is 116 Å². The van der Waals surface area contributed by atoms with Crippen LogP contribution in [-0.2, 0) is 25.4 Å². The molecule has 1 saturated heterocycles. The van der Waals surface area contributed by atoms with E-state index in [1.165, 1.54) is 12.1 Å². The van der Waals surface area contributed by atoms with Gasteiger partial charge in [0.05, 0.1) is 22.5 Å². The average Bonchev–Trinajstić information content (AvgIpc) is 3.93. The first-order chi connectivity index (χ1) is 27.5. The van der Waals surface area contributed by atoms with Crippen LogP contribution < -0.4 is 42.6 Å². The SMILES string of the molecule is CN(C)c1cc(C(F)(F)F)ccc1CNC(=O)Nc1cccc2oc(=O)[nH]c12.O=C(NCc1ccc(C(F)(F)F)cc1N1CCCC1)Nc1cccc2oc(=O)[nH]c12. The number of aromatic nitrogens is 2. The Labute approximate surface area is 324 Å². The van der Waals surface area contributed by atoms with E-state index in [2.05, 4.69) is 31.2 Å². The maximum Gasteiger partial charge on any atom is 0.417 e. The number of anilines is 4. The lowest BCUT2D eigenvalue weighted by Gasteiger charge is -2.23. The van der Waals surface area contributed by atoms with E-state index in [1.54, 1.807) is 55.4 Å². The van der Waals surface area contributed by atoms with E-state index in [0.29, 0.717) is 69.2 Å². The molecule has 1 aliphatic rings. The summed E-state index contributed by atoms with van der Waals surface area (Å²) in [7, 11) is 3.24. The van der Waals surface area contributed by atoms with Crippen molar-refractivity contribution in [1.82, 2.24) is 20.6 Å². The minimum Gasteiger partial charge on any atom is -0.408 e. The lowest BCUT2D eigenvalue weighted by Crippen LogP contribution is -2.29. The molecule has 0 radical (unpaired) electrons. The average molecular weight is 815 g/mol. The number of amides is 4. The Bertz CT molecular complexity index is 2550. The Morgan fingerprint density at radius 2 is 1.16 bits per heavy atom. The van der Waals surface area contributed by atoms with Crippen LogP contribution >= 0.6 is 0 Å². The van der Waals surface area contributed by atoms with E-state index in [1.807, 2.05) is 4.90 Å². The third-order valence-electron chi connectivity index (χ3n) is 9.04. The number of benzene rings is 4. The molecule has 1 fully saturated rings. The minimum atomic E-state index is -4.45. The van der Waals surface area contributed by atoms with Gasteiger partial charge in [-0.1, -0.05) is 24.3 Å². The molecule has 306 valence electrons. The molecule has 3 heterocycles. The Kier molecular flexibility index (Phi) is 11.7. The van der Waals surface area contributed by atoms with Gasteiger partial charge in [-0.3, -0.25) is 9.97 Å². The van der Waals surface area contributed by atoms with Gasteiger partial charge in [-0.15, -0.1) is 0 Å². The van der Waals surface area contributed by atoms with Crippen LogP contribution in [0.5, 0.6) is 0 Å². The van der Waals surface area contributed by atoms with Crippen LogP contribution in [0.25, 0.3) is 22.2 Å². The molecule has 20 heteroatoms. The predicted octanol–water partition coefficient (Wildman–Crippen LogP) is 7.59. The standard InChI is InChI=1S/C20H19F3N4O3.C18H17F3N4O3/c21-20(22,23)13-7-6-12(15(10-13)27-8-1-2-9-27)11-24-18(28)25-14-4-3-5-16-17(14)26-19(29)30-16;1-25(2)13-8-11(18(19,20)21)7-6-10(13)9-22-16(26)23-12-4-3-5-14-15(12)24-17(27)28-14/h3-7,10H,1-2,8-9,11H2,(H,26,29)(H2,24,25,28);3-8H,9H2,1-2H3,(H,24,27)(H2,22,23,26). The van der Waals surface area contributed by atoms with Crippen LogP contribution in [0.1, 0.15) is 35.1 Å². The summed E-state index contributed by atoms with van der Waals surface area (Å²) in [5.41, 5.74) is 2.42. The van der Waals surface area contributed by atoms with Gasteiger partial charge in [0.15, 0.2) is 11.2 Å². The summed E-state index contributed by atoms with van der Waals surface area (Å²) in [6.07, 6.45) is -7.06. The number of nitrogens with zero attached hydrogens (tertiary/aromatic N) is 2. The van der Waals surface area contributed by atoms with Crippen LogP contribution in [0, 0.1) is 0 Å². The third-order valence-corrected chi connectivity index (χ3v) is 9.04. The van der Waals surface area contributed by atoms with Gasteiger partial charge in [-0.05, 0) is 72.5 Å². The number of hydrogen-bond donors (Lipinski definition) is 6. The molecule has 2 aromatic heterocycles. The van der Waals surface area contributed by atoms with E-state index in [4.69, 9.17) is 8.83 Å². The lowest BCUT2D eigenvalue weighted by molar-refractivity contribution is -0.138. The van der Waals surface area contributed by atoms with Crippen LogP contribution in [0.3, 0.4) is 0 Å². The number of H-pyrrole nitrogens is 2. The number of halogens is 6. The van der Waals surface area contributed by atoms with Gasteiger partial charge in [0.2, 0.25) is 0 Å². The zero-order valence-electron chi connectivity index (χ0n) is 30.8. The molecule has 14 nitrogen and oxygen atoms in total. The number of alkyl halides is 6. The molecule has 0 unspecified atom stereocenters. The van der Waals surface area contributed by atoms with Crippen molar-refractivity contribution in [2.45, 2.75) is 38.3 Å². The number of carbonyl (C=O) groups is 2. The summed E-state index contributed by atoms with van der Waals surface area (Å²) < 4.78 is 88.0. The Morgan fingerprint density at radius 1 is 0.690 bits per heavy atom. The van der Waals surface area contributed by atoms with Gasteiger partial charge in [-0.2, -0.15) is 26.3 Å². The van der Waals surface area contributed by atoms with Crippen LogP contribution in [0.2, 0.25) is 0 Å². The number of nitrogens with one attached hydrogen (secondary N) is 6. The van der Waals surface area contributed by atoms with Gasteiger partial charge in [0.25, 0.3) is 0 Å². The summed E-state index contributed by atoms with van der Waals surface area (Å²) in [6, 6.07) is 15.3.